The van der Waals surface area contributed by atoms with Crippen LogP contribution in [0.15, 0.2) is 164 Å². The van der Waals surface area contributed by atoms with E-state index in [9.17, 15) is 18.0 Å². The Morgan fingerprint density at radius 1 is 0.429 bits per heavy atom. The third-order valence-corrected chi connectivity index (χ3v) is 26.8. The van der Waals surface area contributed by atoms with Crippen LogP contribution < -0.4 is 28.9 Å². The van der Waals surface area contributed by atoms with Crippen LogP contribution in [0.4, 0.5) is 17.5 Å². The molecule has 3 aromatic heterocycles. The van der Waals surface area contributed by atoms with Gasteiger partial charge in [0.15, 0.2) is 0 Å². The number of carbonyl (C=O) groups excluding carboxylic acids is 2. The number of hydrogen-bond acceptors (Lipinski definition) is 23. The predicted octanol–water partition coefficient (Wildman–Crippen LogP) is 10.1. The van der Waals surface area contributed by atoms with Crippen molar-refractivity contribution in [3.05, 3.63) is 215 Å². The lowest BCUT2D eigenvalue weighted by atomic mass is 10.0. The summed E-state index contributed by atoms with van der Waals surface area (Å²) in [6.45, 7) is 27.6. The monoisotopic (exact) mass is 1630 g/mol. The molecule has 0 bridgehead atoms. The van der Waals surface area contributed by atoms with Crippen molar-refractivity contribution in [2.75, 3.05) is 174 Å². The molecule has 27 heteroatoms. The number of rotatable bonds is 24. The summed E-state index contributed by atoms with van der Waals surface area (Å²) in [5.74, 6) is 2.85. The minimum absolute atomic E-state index is 0.0106. The molecule has 2 amide bonds. The van der Waals surface area contributed by atoms with Gasteiger partial charge >= 0.3 is 18.0 Å². The van der Waals surface area contributed by atoms with Gasteiger partial charge in [-0.1, -0.05) is 147 Å². The van der Waals surface area contributed by atoms with Gasteiger partial charge in [-0.05, 0) is 148 Å². The lowest BCUT2D eigenvalue weighted by Gasteiger charge is -2.35. The molecule has 0 spiro atoms. The lowest BCUT2D eigenvalue weighted by Crippen LogP contribution is -2.49. The molecule has 26 nitrogen and oxygen atoms in total. The number of carbonyl (C=O) groups is 2. The van der Waals surface area contributed by atoms with Crippen molar-refractivity contribution in [2.24, 2.45) is 0 Å². The van der Waals surface area contributed by atoms with Crippen LogP contribution >= 0.6 is 0 Å². The van der Waals surface area contributed by atoms with Gasteiger partial charge in [0.1, 0.15) is 37.3 Å². The van der Waals surface area contributed by atoms with Gasteiger partial charge in [0.2, 0.25) is 21.8 Å². The Hall–Kier alpha value is -10.1. The third-order valence-electron chi connectivity index (χ3n) is 25.3. The van der Waals surface area contributed by atoms with E-state index >= 15 is 0 Å². The zero-order chi connectivity index (χ0) is 82.1. The molecule has 12 heterocycles. The summed E-state index contributed by atoms with van der Waals surface area (Å²) < 4.78 is 44.8. The second kappa shape index (κ2) is 37.7. The summed E-state index contributed by atoms with van der Waals surface area (Å²) in [5, 5.41) is 8.67. The summed E-state index contributed by atoms with van der Waals surface area (Å²) >= 11 is 0. The van der Waals surface area contributed by atoms with Crippen molar-refractivity contribution in [1.29, 1.82) is 0 Å². The average Bonchev–Trinajstić information content (AvgIpc) is 1.57. The molecule has 18 rings (SSSR count). The minimum atomic E-state index is -3.43. The zero-order valence-electron chi connectivity index (χ0n) is 69.9. The van der Waals surface area contributed by atoms with E-state index in [4.69, 9.17) is 44.1 Å². The van der Waals surface area contributed by atoms with Crippen LogP contribution in [0.5, 0.6) is 18.0 Å². The van der Waals surface area contributed by atoms with Gasteiger partial charge in [-0.15, -0.1) is 0 Å². The van der Waals surface area contributed by atoms with Crippen LogP contribution in [0.25, 0.3) is 32.3 Å². The topological polar surface area (TPSA) is 215 Å². The van der Waals surface area contributed by atoms with Gasteiger partial charge in [-0.2, -0.15) is 34.2 Å². The number of amides is 2. The maximum absolute atomic E-state index is 12.8. The molecule has 9 aliphatic heterocycles. The maximum atomic E-state index is 12.8. The van der Waals surface area contributed by atoms with E-state index in [0.717, 1.165) is 176 Å². The minimum Gasteiger partial charge on any atom is -0.462 e. The van der Waals surface area contributed by atoms with E-state index in [-0.39, 0.29) is 11.8 Å². The number of piperazine rings is 3. The molecule has 0 radical (unpaired) electrons. The number of likely N-dealkylation sites (N-methyl/N-ethyl adjacent to an activating group) is 4. The fraction of sp³-hybridized carbons (Fsp3) is 0.457. The van der Waals surface area contributed by atoms with Crippen molar-refractivity contribution < 1.29 is 32.2 Å². The van der Waals surface area contributed by atoms with Crippen molar-refractivity contribution in [3.8, 4) is 18.0 Å². The quantitative estimate of drug-likeness (QED) is 0.0514. The van der Waals surface area contributed by atoms with Gasteiger partial charge in [-0.25, -0.2) is 8.42 Å². The Bertz CT molecular complexity index is 5250. The molecule has 0 N–H and O–H groups in total. The highest BCUT2D eigenvalue weighted by atomic mass is 32.2. The molecule has 9 aromatic rings. The van der Waals surface area contributed by atoms with E-state index in [2.05, 4.69) is 206 Å². The van der Waals surface area contributed by atoms with Crippen LogP contribution in [0, 0.1) is 0 Å². The molecule has 0 unspecified atom stereocenters. The molecule has 0 aliphatic carbocycles. The first kappa shape index (κ1) is 82.6. The van der Waals surface area contributed by atoms with Crippen LogP contribution in [0.3, 0.4) is 0 Å². The highest BCUT2D eigenvalue weighted by Crippen LogP contribution is 2.39. The Morgan fingerprint density at radius 3 is 1.09 bits per heavy atom. The molecule has 9 aliphatic rings. The second-order valence-electron chi connectivity index (χ2n) is 33.5. The van der Waals surface area contributed by atoms with E-state index < -0.39 is 10.0 Å². The van der Waals surface area contributed by atoms with Crippen LogP contribution in [-0.2, 0) is 78.5 Å². The number of hydrogen-bond donors (Lipinski definition) is 0. The van der Waals surface area contributed by atoms with Crippen LogP contribution in [-0.4, -0.2) is 276 Å². The number of ether oxygens (including phenoxy) is 3. The second-order valence-corrected chi connectivity index (χ2v) is 35.3. The van der Waals surface area contributed by atoms with Gasteiger partial charge in [0, 0.05) is 190 Å². The number of nitrogens with zero attached hydrogens (tertiary/aromatic N) is 19. The Kier molecular flexibility index (Phi) is 26.2. The highest BCUT2D eigenvalue weighted by molar-refractivity contribution is 7.92. The van der Waals surface area contributed by atoms with E-state index in [1.165, 1.54) is 89.8 Å². The van der Waals surface area contributed by atoms with Crippen molar-refractivity contribution in [1.82, 2.24) is 78.3 Å². The number of fused-ring (bicyclic) bond motifs is 6. The molecule has 119 heavy (non-hydrogen) atoms. The van der Waals surface area contributed by atoms with Crippen molar-refractivity contribution in [3.63, 3.8) is 0 Å². The number of benzene rings is 6. The number of likely N-dealkylation sites (tertiary alicyclic amines) is 3. The van der Waals surface area contributed by atoms with E-state index in [1.54, 1.807) is 6.08 Å². The SMILES string of the molecule is C=CC(=O)N1CCN(c2nc(OC[C@@H]3CCCN3C)nc3c2CN(Cc2cccc4ccccc24)C3)CC1.C=CS(=O)(=O)N1CCN(c2nc(OC[C@@H]3CCCN3C)nc3c2CN(Cc2cccc4ccccc24)C3)CC1.CN(C)C/C=C/C(=O)N1CCN(c2nc(OC[C@@H]3CCCN3C)nc3c2CN(Cc2cccc4ccccc24)C3)CC1. The summed E-state index contributed by atoms with van der Waals surface area (Å²) in [7, 11) is 7.03. The molecular weight excluding hydrogens is 1520 g/mol. The van der Waals surface area contributed by atoms with Gasteiger partial charge in [0.25, 0.3) is 0 Å². The largest absolute Gasteiger partial charge is 0.462 e. The van der Waals surface area contributed by atoms with Crippen LogP contribution in [0.2, 0.25) is 0 Å². The highest BCUT2D eigenvalue weighted by Gasteiger charge is 2.37. The fourth-order valence-corrected chi connectivity index (χ4v) is 19.3. The summed E-state index contributed by atoms with van der Waals surface area (Å²) in [5.41, 5.74) is 10.5. The number of aromatic nitrogens is 6. The normalized spacial score (nSPS) is 20.3. The molecule has 626 valence electrons. The lowest BCUT2D eigenvalue weighted by molar-refractivity contribution is -0.127. The summed E-state index contributed by atoms with van der Waals surface area (Å²) in [6.07, 6.45) is 12.0. The Balaban J connectivity index is 0.000000133. The Labute approximate surface area is 701 Å². The third kappa shape index (κ3) is 19.5. The van der Waals surface area contributed by atoms with E-state index in [1.807, 2.05) is 34.9 Å². The first-order chi connectivity index (χ1) is 57.9. The van der Waals surface area contributed by atoms with Gasteiger partial charge in [0.05, 0.1) is 17.1 Å². The van der Waals surface area contributed by atoms with Gasteiger partial charge in [-0.3, -0.25) is 24.3 Å². The number of sulfonamides is 1. The van der Waals surface area contributed by atoms with Gasteiger partial charge < -0.3 is 58.3 Å². The predicted molar refractivity (Wildman–Crippen MR) is 469 cm³/mol. The first-order valence-electron chi connectivity index (χ1n) is 42.6. The van der Waals surface area contributed by atoms with Crippen molar-refractivity contribution in [2.45, 2.75) is 116 Å². The molecule has 6 aromatic carbocycles. The smallest absolute Gasteiger partial charge is 0.318 e. The van der Waals surface area contributed by atoms with Crippen LogP contribution in [0.1, 0.15) is 89.0 Å². The summed E-state index contributed by atoms with van der Waals surface area (Å²) in [4.78, 5) is 81.5. The molecular formula is C92H115N19O7S. The maximum Gasteiger partial charge on any atom is 0.318 e. The standard InChI is InChI=1S/C33H43N7O2.C30H36N6O2.C29H36N6O3S/c1-36(2)15-8-14-31(41)39-17-19-40(20-18-39)32-29-22-38(21-26-11-6-10-25-9-4-5-13-28(25)26)23-30(29)34-33(35-32)42-24-27-12-7-16-37(27)3;1-3-28(37)35-14-16-36(17-15-35)29-26-19-34(18-23-10-6-9-22-8-4-5-12-25(22)23)20-27(26)31-30(32-29)38-21-24-11-7-13-33(24)2;1-3-39(36,37)35-16-14-34(15-17-35)28-26-19-33(18-23-10-6-9-22-8-4-5-12-25(22)23)20-27(26)30-29(31-28)38-21-24-11-7-13-32(24)2/h4-6,8-11,13-14,27H,7,12,15-24H2,1-3H3;3-6,8-10,12,24H,1,7,11,13-21H2,2H3;3-6,8-10,12,24H,1,7,11,13-21H2,2H3/b14-8+;;/t27-;2*24-/m000/s1. The first-order valence-corrected chi connectivity index (χ1v) is 44.1. The van der Waals surface area contributed by atoms with E-state index in [0.29, 0.717) is 108 Å². The molecule has 3 atom stereocenters. The zero-order valence-corrected chi connectivity index (χ0v) is 70.7. The fourth-order valence-electron chi connectivity index (χ4n) is 18.4. The molecule has 6 saturated heterocycles. The summed E-state index contributed by atoms with van der Waals surface area (Å²) in [6, 6.07) is 47.8. The van der Waals surface area contributed by atoms with Crippen molar-refractivity contribution >= 4 is 71.6 Å². The number of anilines is 3. The Morgan fingerprint density at radius 2 is 0.765 bits per heavy atom. The molecule has 6 fully saturated rings. The molecule has 0 saturated carbocycles. The average molecular weight is 1630 g/mol.